The molecular formula is C14H24N4. The van der Waals surface area contributed by atoms with E-state index in [0.29, 0.717) is 11.5 Å². The van der Waals surface area contributed by atoms with E-state index in [4.69, 9.17) is 0 Å². The van der Waals surface area contributed by atoms with Gasteiger partial charge in [0.1, 0.15) is 11.6 Å². The first-order valence-corrected chi connectivity index (χ1v) is 7.33. The van der Waals surface area contributed by atoms with Crippen LogP contribution < -0.4 is 5.32 Å². The van der Waals surface area contributed by atoms with E-state index in [1.807, 2.05) is 0 Å². The maximum atomic E-state index is 4.36. The molecular weight excluding hydrogens is 224 g/mol. The molecule has 0 amide bonds. The predicted octanol–water partition coefficient (Wildman–Crippen LogP) is 2.28. The number of aromatic nitrogens is 3. The Bertz CT molecular complexity index is 419. The van der Waals surface area contributed by atoms with Crippen LogP contribution in [0.4, 0.5) is 0 Å². The standard InChI is InChI=1S/C14H24N4/c1-11(14(2)7-8-14)15-10-13-17-16-12-6-4-3-5-9-18(12)13/h11,15H,3-10H2,1-2H3/t11-/m0/s1. The molecule has 2 heterocycles. The Morgan fingerprint density at radius 3 is 2.89 bits per heavy atom. The highest BCUT2D eigenvalue weighted by Gasteiger charge is 2.42. The van der Waals surface area contributed by atoms with E-state index >= 15 is 0 Å². The number of rotatable bonds is 4. The molecule has 4 heteroatoms. The van der Waals surface area contributed by atoms with Gasteiger partial charge in [0.05, 0.1) is 6.54 Å². The highest BCUT2D eigenvalue weighted by Crippen LogP contribution is 2.47. The van der Waals surface area contributed by atoms with Gasteiger partial charge in [-0.15, -0.1) is 10.2 Å². The molecule has 0 bridgehead atoms. The normalized spacial score (nSPS) is 23.2. The van der Waals surface area contributed by atoms with Crippen molar-refractivity contribution in [3.05, 3.63) is 11.6 Å². The molecule has 0 aromatic carbocycles. The van der Waals surface area contributed by atoms with Crippen molar-refractivity contribution in [3.8, 4) is 0 Å². The van der Waals surface area contributed by atoms with Gasteiger partial charge in [0.25, 0.3) is 0 Å². The van der Waals surface area contributed by atoms with Crippen LogP contribution in [-0.4, -0.2) is 20.8 Å². The minimum atomic E-state index is 0.529. The lowest BCUT2D eigenvalue weighted by atomic mass is 10.0. The number of hydrogen-bond acceptors (Lipinski definition) is 3. The Balaban J connectivity index is 1.64. The fourth-order valence-corrected chi connectivity index (χ4v) is 2.80. The third kappa shape index (κ3) is 2.30. The summed E-state index contributed by atoms with van der Waals surface area (Å²) in [5.74, 6) is 2.32. The second kappa shape index (κ2) is 4.65. The van der Waals surface area contributed by atoms with E-state index in [-0.39, 0.29) is 0 Å². The summed E-state index contributed by atoms with van der Waals surface area (Å²) < 4.78 is 2.34. The van der Waals surface area contributed by atoms with E-state index in [1.165, 1.54) is 37.9 Å². The fourth-order valence-electron chi connectivity index (χ4n) is 2.80. The summed E-state index contributed by atoms with van der Waals surface area (Å²) >= 11 is 0. The van der Waals surface area contributed by atoms with Gasteiger partial charge < -0.3 is 9.88 Å². The molecule has 4 nitrogen and oxygen atoms in total. The van der Waals surface area contributed by atoms with E-state index in [9.17, 15) is 0 Å². The summed E-state index contributed by atoms with van der Waals surface area (Å²) in [6, 6.07) is 0.580. The summed E-state index contributed by atoms with van der Waals surface area (Å²) in [6.45, 7) is 6.64. The highest BCUT2D eigenvalue weighted by atomic mass is 15.3. The van der Waals surface area contributed by atoms with Gasteiger partial charge in [0.15, 0.2) is 0 Å². The molecule has 18 heavy (non-hydrogen) atoms. The van der Waals surface area contributed by atoms with Crippen molar-refractivity contribution in [2.45, 2.75) is 71.5 Å². The Hall–Kier alpha value is -0.900. The zero-order valence-electron chi connectivity index (χ0n) is 11.6. The number of aryl methyl sites for hydroxylation is 1. The topological polar surface area (TPSA) is 42.7 Å². The Morgan fingerprint density at radius 1 is 1.28 bits per heavy atom. The number of nitrogens with one attached hydrogen (secondary N) is 1. The Kier molecular flexibility index (Phi) is 3.14. The van der Waals surface area contributed by atoms with Crippen LogP contribution in [0, 0.1) is 5.41 Å². The van der Waals surface area contributed by atoms with Crippen LogP contribution in [0.25, 0.3) is 0 Å². The summed E-state index contributed by atoms with van der Waals surface area (Å²) in [4.78, 5) is 0. The Morgan fingerprint density at radius 2 is 2.11 bits per heavy atom. The molecule has 1 aliphatic carbocycles. The lowest BCUT2D eigenvalue weighted by Gasteiger charge is -2.20. The molecule has 1 aromatic heterocycles. The number of hydrogen-bond donors (Lipinski definition) is 1. The van der Waals surface area contributed by atoms with E-state index in [0.717, 1.165) is 25.3 Å². The molecule has 100 valence electrons. The molecule has 1 aliphatic heterocycles. The SMILES string of the molecule is C[C@H](NCc1nnc2n1CCCCC2)C1(C)CC1. The third-order valence-electron chi connectivity index (χ3n) is 4.84. The summed E-state index contributed by atoms with van der Waals surface area (Å²) in [7, 11) is 0. The summed E-state index contributed by atoms with van der Waals surface area (Å²) in [5, 5.41) is 12.3. The quantitative estimate of drug-likeness (QED) is 0.889. The van der Waals surface area contributed by atoms with Crippen LogP contribution in [0.15, 0.2) is 0 Å². The molecule has 1 atom stereocenters. The molecule has 1 saturated carbocycles. The zero-order chi connectivity index (χ0) is 12.6. The van der Waals surface area contributed by atoms with Crippen LogP contribution in [0.3, 0.4) is 0 Å². The summed E-state index contributed by atoms with van der Waals surface area (Å²) in [5.41, 5.74) is 0.529. The molecule has 3 rings (SSSR count). The minimum absolute atomic E-state index is 0.529. The minimum Gasteiger partial charge on any atom is -0.314 e. The van der Waals surface area contributed by atoms with Crippen LogP contribution in [0.1, 0.15) is 57.6 Å². The van der Waals surface area contributed by atoms with Crippen molar-refractivity contribution in [2.75, 3.05) is 0 Å². The van der Waals surface area contributed by atoms with Crippen LogP contribution in [0.2, 0.25) is 0 Å². The fraction of sp³-hybridized carbons (Fsp3) is 0.857. The van der Waals surface area contributed by atoms with Gasteiger partial charge >= 0.3 is 0 Å². The van der Waals surface area contributed by atoms with Crippen LogP contribution in [-0.2, 0) is 19.5 Å². The number of nitrogens with zero attached hydrogens (tertiary/aromatic N) is 3. The molecule has 0 spiro atoms. The number of fused-ring (bicyclic) bond motifs is 1. The van der Waals surface area contributed by atoms with Gasteiger partial charge in [-0.2, -0.15) is 0 Å². The average Bonchev–Trinajstić information content (AvgIpc) is 3.07. The largest absolute Gasteiger partial charge is 0.314 e. The highest BCUT2D eigenvalue weighted by molar-refractivity contribution is 5.00. The van der Waals surface area contributed by atoms with E-state index in [2.05, 4.69) is 33.9 Å². The van der Waals surface area contributed by atoms with E-state index < -0.39 is 0 Å². The summed E-state index contributed by atoms with van der Waals surface area (Å²) in [6.07, 6.45) is 7.68. The molecule has 1 aromatic rings. The smallest absolute Gasteiger partial charge is 0.147 e. The molecule has 1 N–H and O–H groups in total. The second-order valence-electron chi connectivity index (χ2n) is 6.25. The van der Waals surface area contributed by atoms with Gasteiger partial charge in [-0.1, -0.05) is 13.3 Å². The average molecular weight is 248 g/mol. The molecule has 2 aliphatic rings. The molecule has 0 unspecified atom stereocenters. The first-order chi connectivity index (χ1) is 8.69. The van der Waals surface area contributed by atoms with Gasteiger partial charge in [0, 0.05) is 19.0 Å². The van der Waals surface area contributed by atoms with Gasteiger partial charge in [-0.05, 0) is 38.0 Å². The van der Waals surface area contributed by atoms with E-state index in [1.54, 1.807) is 0 Å². The van der Waals surface area contributed by atoms with Gasteiger partial charge in [-0.3, -0.25) is 0 Å². The second-order valence-corrected chi connectivity index (χ2v) is 6.25. The first kappa shape index (κ1) is 12.2. The van der Waals surface area contributed by atoms with Crippen molar-refractivity contribution >= 4 is 0 Å². The van der Waals surface area contributed by atoms with Crippen molar-refractivity contribution < 1.29 is 0 Å². The first-order valence-electron chi connectivity index (χ1n) is 7.33. The zero-order valence-corrected chi connectivity index (χ0v) is 11.6. The lowest BCUT2D eigenvalue weighted by molar-refractivity contribution is 0.372. The molecule has 1 fully saturated rings. The molecule has 0 saturated heterocycles. The maximum Gasteiger partial charge on any atom is 0.147 e. The van der Waals surface area contributed by atoms with Crippen molar-refractivity contribution in [2.24, 2.45) is 5.41 Å². The van der Waals surface area contributed by atoms with Crippen LogP contribution in [0.5, 0.6) is 0 Å². The van der Waals surface area contributed by atoms with Gasteiger partial charge in [0.2, 0.25) is 0 Å². The third-order valence-corrected chi connectivity index (χ3v) is 4.84. The van der Waals surface area contributed by atoms with Crippen LogP contribution >= 0.6 is 0 Å². The van der Waals surface area contributed by atoms with Crippen molar-refractivity contribution in [3.63, 3.8) is 0 Å². The Labute approximate surface area is 109 Å². The lowest BCUT2D eigenvalue weighted by Crippen LogP contribution is -2.33. The van der Waals surface area contributed by atoms with Gasteiger partial charge in [-0.25, -0.2) is 0 Å². The van der Waals surface area contributed by atoms with Crippen molar-refractivity contribution in [1.82, 2.24) is 20.1 Å². The predicted molar refractivity (Wildman–Crippen MR) is 71.2 cm³/mol. The molecule has 0 radical (unpaired) electrons. The monoisotopic (exact) mass is 248 g/mol. The maximum absolute atomic E-state index is 4.36. The van der Waals surface area contributed by atoms with Crippen molar-refractivity contribution in [1.29, 1.82) is 0 Å².